The zero-order valence-corrected chi connectivity index (χ0v) is 20.9. The summed E-state index contributed by atoms with van der Waals surface area (Å²) in [4.78, 5) is 41.8. The van der Waals surface area contributed by atoms with Crippen LogP contribution in [0.25, 0.3) is 0 Å². The fourth-order valence-corrected chi connectivity index (χ4v) is 4.24. The highest BCUT2D eigenvalue weighted by molar-refractivity contribution is 7.99. The summed E-state index contributed by atoms with van der Waals surface area (Å²) in [6.45, 7) is -0.265. The molecule has 3 amide bonds. The van der Waals surface area contributed by atoms with E-state index in [2.05, 4.69) is 26.2 Å². The molecule has 0 aliphatic carbocycles. The lowest BCUT2D eigenvalue weighted by Crippen LogP contribution is -2.33. The number of methoxy groups -OCH3 is 2. The van der Waals surface area contributed by atoms with Crippen molar-refractivity contribution in [3.63, 3.8) is 0 Å². The number of aromatic nitrogens is 1. The topological polar surface area (TPSA) is 136 Å². The molecule has 1 heterocycles. The predicted octanol–water partition coefficient (Wildman–Crippen LogP) is 3.00. The van der Waals surface area contributed by atoms with E-state index in [0.717, 1.165) is 0 Å². The molecule has 2 aromatic carbocycles. The molecule has 1 aromatic heterocycles. The second-order valence-electron chi connectivity index (χ2n) is 7.34. The standard InChI is InChI=1S/C24H23ClN4O6S/c1-34-14-22(30)29-36(3,33)18-8-4-15(5-9-18)23(31)27-20-10-7-17(35-2)12-19(20)24(32)28-21-11-6-16(25)13-26-21/h4-13H,3,14H2,1-2H3,(H,27,31)(H,26,28,32)(H,29,30,33). The molecular weight excluding hydrogens is 508 g/mol. The summed E-state index contributed by atoms with van der Waals surface area (Å²) in [5, 5.41) is 5.75. The Morgan fingerprint density at radius 1 is 1.00 bits per heavy atom. The molecular formula is C24H23ClN4O6S. The van der Waals surface area contributed by atoms with Crippen molar-refractivity contribution in [2.24, 2.45) is 0 Å². The van der Waals surface area contributed by atoms with Gasteiger partial charge in [-0.25, -0.2) is 9.19 Å². The number of nitrogens with zero attached hydrogens (tertiary/aromatic N) is 1. The molecule has 1 atom stereocenters. The van der Waals surface area contributed by atoms with Gasteiger partial charge in [-0.05, 0) is 60.5 Å². The number of anilines is 2. The van der Waals surface area contributed by atoms with E-state index in [0.29, 0.717) is 10.8 Å². The Hall–Kier alpha value is -3.93. The molecule has 3 aromatic rings. The van der Waals surface area contributed by atoms with E-state index in [1.54, 1.807) is 18.2 Å². The lowest BCUT2D eigenvalue weighted by molar-refractivity contribution is -0.122. The van der Waals surface area contributed by atoms with Gasteiger partial charge in [-0.1, -0.05) is 11.6 Å². The first kappa shape index (κ1) is 26.7. The second kappa shape index (κ2) is 11.7. The van der Waals surface area contributed by atoms with E-state index in [9.17, 15) is 18.6 Å². The Balaban J connectivity index is 1.79. The Labute approximate surface area is 213 Å². The Kier molecular flexibility index (Phi) is 8.64. The molecule has 0 radical (unpaired) electrons. The molecule has 3 rings (SSSR count). The smallest absolute Gasteiger partial charge is 0.259 e. The van der Waals surface area contributed by atoms with Crippen molar-refractivity contribution in [1.29, 1.82) is 0 Å². The van der Waals surface area contributed by atoms with Crippen LogP contribution in [0.2, 0.25) is 5.02 Å². The first-order valence-corrected chi connectivity index (χ1v) is 12.4. The van der Waals surface area contributed by atoms with Gasteiger partial charge in [-0.3, -0.25) is 19.1 Å². The number of hydrogen-bond acceptors (Lipinski definition) is 7. The van der Waals surface area contributed by atoms with Crippen LogP contribution in [0, 0.1) is 0 Å². The molecule has 0 saturated heterocycles. The van der Waals surface area contributed by atoms with E-state index in [1.165, 1.54) is 56.8 Å². The van der Waals surface area contributed by atoms with Gasteiger partial charge in [0.2, 0.25) is 0 Å². The monoisotopic (exact) mass is 530 g/mol. The van der Waals surface area contributed by atoms with E-state index in [1.807, 2.05) is 0 Å². The van der Waals surface area contributed by atoms with Crippen molar-refractivity contribution < 1.29 is 28.1 Å². The summed E-state index contributed by atoms with van der Waals surface area (Å²) in [5.74, 6) is 2.61. The number of amides is 3. The third-order valence-electron chi connectivity index (χ3n) is 4.74. The van der Waals surface area contributed by atoms with Gasteiger partial charge in [0.15, 0.2) is 0 Å². The number of halogens is 1. The summed E-state index contributed by atoms with van der Waals surface area (Å²) in [6.07, 6.45) is 1.39. The molecule has 0 spiro atoms. The van der Waals surface area contributed by atoms with Crippen LogP contribution >= 0.6 is 11.6 Å². The maximum atomic E-state index is 12.9. The molecule has 0 bridgehead atoms. The minimum absolute atomic E-state index is 0.137. The molecule has 0 aliphatic rings. The number of hydrogen-bond donors (Lipinski definition) is 3. The zero-order valence-electron chi connectivity index (χ0n) is 19.4. The van der Waals surface area contributed by atoms with Gasteiger partial charge in [-0.2, -0.15) is 0 Å². The highest BCUT2D eigenvalue weighted by Crippen LogP contribution is 2.24. The van der Waals surface area contributed by atoms with E-state index < -0.39 is 27.4 Å². The van der Waals surface area contributed by atoms with E-state index >= 15 is 0 Å². The van der Waals surface area contributed by atoms with Crippen molar-refractivity contribution in [3.8, 4) is 5.75 Å². The van der Waals surface area contributed by atoms with Crippen LogP contribution < -0.4 is 20.1 Å². The molecule has 0 aliphatic heterocycles. The summed E-state index contributed by atoms with van der Waals surface area (Å²) in [6, 6.07) is 13.4. The first-order chi connectivity index (χ1) is 17.1. The molecule has 0 saturated carbocycles. The third-order valence-corrected chi connectivity index (χ3v) is 6.55. The number of pyridine rings is 1. The highest BCUT2D eigenvalue weighted by atomic mass is 35.5. The first-order valence-electron chi connectivity index (χ1n) is 10.3. The maximum absolute atomic E-state index is 12.9. The molecule has 1 unspecified atom stereocenters. The number of nitrogens with one attached hydrogen (secondary N) is 3. The zero-order chi connectivity index (χ0) is 26.3. The number of carbonyl (C=O) groups is 3. The normalized spacial score (nSPS) is 12.2. The van der Waals surface area contributed by atoms with Crippen LogP contribution in [0.3, 0.4) is 0 Å². The fraction of sp³-hybridized carbons (Fsp3) is 0.125. The SMILES string of the molecule is C=S(=O)(NC(=O)COC)c1ccc(C(=O)Nc2ccc(OC)cc2C(=O)Nc2ccc(Cl)cn2)cc1. The molecule has 0 fully saturated rings. The van der Waals surface area contributed by atoms with Gasteiger partial charge in [0.05, 0.1) is 33.1 Å². The van der Waals surface area contributed by atoms with E-state index in [-0.39, 0.29) is 34.1 Å². The van der Waals surface area contributed by atoms with Crippen LogP contribution in [0.1, 0.15) is 20.7 Å². The van der Waals surface area contributed by atoms with Gasteiger partial charge >= 0.3 is 0 Å². The average molecular weight is 531 g/mol. The fourth-order valence-electron chi connectivity index (χ4n) is 3.00. The lowest BCUT2D eigenvalue weighted by Gasteiger charge is -2.14. The van der Waals surface area contributed by atoms with Crippen LogP contribution in [0.5, 0.6) is 5.75 Å². The van der Waals surface area contributed by atoms with Crippen LogP contribution in [0.15, 0.2) is 65.7 Å². The van der Waals surface area contributed by atoms with E-state index in [4.69, 9.17) is 21.1 Å². The Bertz CT molecular complexity index is 1380. The van der Waals surface area contributed by atoms with Gasteiger partial charge in [0.25, 0.3) is 17.7 Å². The van der Waals surface area contributed by atoms with Gasteiger partial charge in [0, 0.05) is 23.8 Å². The lowest BCUT2D eigenvalue weighted by atomic mass is 10.1. The Morgan fingerprint density at radius 3 is 2.33 bits per heavy atom. The van der Waals surface area contributed by atoms with Crippen molar-refractivity contribution in [2.45, 2.75) is 4.90 Å². The quantitative estimate of drug-likeness (QED) is 0.362. The molecule has 12 heteroatoms. The number of rotatable bonds is 9. The minimum atomic E-state index is -3.13. The number of ether oxygens (including phenoxy) is 2. The van der Waals surface area contributed by atoms with Crippen LogP contribution in [-0.4, -0.2) is 53.6 Å². The third kappa shape index (κ3) is 6.81. The van der Waals surface area contributed by atoms with Gasteiger partial charge < -0.3 is 20.1 Å². The van der Waals surface area contributed by atoms with Crippen LogP contribution in [0.4, 0.5) is 11.5 Å². The number of carbonyl (C=O) groups excluding carboxylic acids is 3. The van der Waals surface area contributed by atoms with Crippen molar-refractivity contribution in [2.75, 3.05) is 31.5 Å². The largest absolute Gasteiger partial charge is 0.497 e. The molecule has 188 valence electrons. The summed E-state index contributed by atoms with van der Waals surface area (Å²) >= 11 is 5.83. The summed E-state index contributed by atoms with van der Waals surface area (Å²) in [7, 11) is -0.342. The maximum Gasteiger partial charge on any atom is 0.259 e. The van der Waals surface area contributed by atoms with Gasteiger partial charge in [0.1, 0.15) is 18.2 Å². The van der Waals surface area contributed by atoms with Crippen molar-refractivity contribution in [1.82, 2.24) is 9.71 Å². The average Bonchev–Trinajstić information content (AvgIpc) is 2.85. The summed E-state index contributed by atoms with van der Waals surface area (Å²) < 4.78 is 24.9. The van der Waals surface area contributed by atoms with Crippen LogP contribution in [-0.2, 0) is 19.2 Å². The predicted molar refractivity (Wildman–Crippen MR) is 138 cm³/mol. The Morgan fingerprint density at radius 2 is 1.72 bits per heavy atom. The minimum Gasteiger partial charge on any atom is -0.497 e. The second-order valence-corrected chi connectivity index (χ2v) is 9.80. The highest BCUT2D eigenvalue weighted by Gasteiger charge is 2.18. The van der Waals surface area contributed by atoms with Crippen molar-refractivity contribution >= 4 is 56.4 Å². The van der Waals surface area contributed by atoms with Crippen molar-refractivity contribution in [3.05, 3.63) is 76.9 Å². The van der Waals surface area contributed by atoms with Gasteiger partial charge in [-0.15, -0.1) is 0 Å². The number of benzene rings is 2. The molecule has 36 heavy (non-hydrogen) atoms. The molecule has 10 nitrogen and oxygen atoms in total. The summed E-state index contributed by atoms with van der Waals surface area (Å²) in [5.41, 5.74) is 0.584. The molecule has 3 N–H and O–H groups in total.